The van der Waals surface area contributed by atoms with Gasteiger partial charge >= 0.3 is 0 Å². The Morgan fingerprint density at radius 1 is 1.29 bits per heavy atom. The Balaban J connectivity index is 0.000000364. The van der Waals surface area contributed by atoms with E-state index in [0.29, 0.717) is 0 Å². The zero-order chi connectivity index (χ0) is 11.0. The average Bonchev–Trinajstić information content (AvgIpc) is 2.51. The van der Waals surface area contributed by atoms with E-state index in [0.717, 1.165) is 4.88 Å². The monoisotopic (exact) mass is 210 g/mol. The lowest BCUT2D eigenvalue weighted by molar-refractivity contribution is -0.115. The first-order chi connectivity index (χ1) is 6.52. The van der Waals surface area contributed by atoms with Crippen molar-refractivity contribution in [3.8, 4) is 0 Å². The van der Waals surface area contributed by atoms with Crippen LogP contribution in [-0.2, 0) is 9.59 Å². The Hall–Kier alpha value is -1.22. The second kappa shape index (κ2) is 7.21. The van der Waals surface area contributed by atoms with Crippen LogP contribution in [0.5, 0.6) is 0 Å². The minimum Gasteiger partial charge on any atom is -0.300 e. The lowest BCUT2D eigenvalue weighted by Gasteiger charge is -1.79. The molecule has 0 atom stereocenters. The van der Waals surface area contributed by atoms with Crippen molar-refractivity contribution >= 4 is 29.0 Å². The fourth-order valence-corrected chi connectivity index (χ4v) is 1.20. The summed E-state index contributed by atoms with van der Waals surface area (Å²) < 4.78 is 0. The van der Waals surface area contributed by atoms with Crippen molar-refractivity contribution in [3.05, 3.63) is 28.5 Å². The van der Waals surface area contributed by atoms with Gasteiger partial charge in [0.15, 0.2) is 5.78 Å². The topological polar surface area (TPSA) is 34.1 Å². The molecule has 1 rings (SSSR count). The molecule has 0 spiro atoms. The summed E-state index contributed by atoms with van der Waals surface area (Å²) in [6.07, 6.45) is 3.40. The Bertz CT molecular complexity index is 306. The van der Waals surface area contributed by atoms with Gasteiger partial charge in [-0.1, -0.05) is 6.07 Å². The molecule has 1 heterocycles. The number of ketones is 2. The maximum absolute atomic E-state index is 10.5. The van der Waals surface area contributed by atoms with Gasteiger partial charge in [-0.25, -0.2) is 0 Å². The second-order valence-electron chi connectivity index (χ2n) is 2.87. The summed E-state index contributed by atoms with van der Waals surface area (Å²) in [6.45, 7) is 4.60. The van der Waals surface area contributed by atoms with Gasteiger partial charge in [-0.05, 0) is 44.4 Å². The third kappa shape index (κ3) is 8.87. The van der Waals surface area contributed by atoms with Crippen molar-refractivity contribution < 1.29 is 9.59 Å². The summed E-state index contributed by atoms with van der Waals surface area (Å²) in [5, 5.41) is 1.99. The lowest BCUT2D eigenvalue weighted by atomic mass is 10.3. The lowest BCUT2D eigenvalue weighted by Crippen LogP contribution is -1.77. The van der Waals surface area contributed by atoms with Crippen molar-refractivity contribution in [2.24, 2.45) is 0 Å². The zero-order valence-corrected chi connectivity index (χ0v) is 9.43. The quantitative estimate of drug-likeness (QED) is 0.703. The van der Waals surface area contributed by atoms with Crippen molar-refractivity contribution in [2.75, 3.05) is 0 Å². The molecule has 3 heteroatoms. The first kappa shape index (κ1) is 12.8. The number of Topliss-reactive ketones (excluding diaryl/α,β-unsaturated/α-hetero) is 1. The van der Waals surface area contributed by atoms with E-state index in [-0.39, 0.29) is 11.6 Å². The van der Waals surface area contributed by atoms with Crippen LogP contribution in [0.15, 0.2) is 23.6 Å². The molecule has 1 aromatic rings. The first-order valence-electron chi connectivity index (χ1n) is 4.21. The Morgan fingerprint density at radius 3 is 2.21 bits per heavy atom. The normalized spacial score (nSPS) is 9.36. The maximum atomic E-state index is 10.5. The molecule has 0 fully saturated rings. The van der Waals surface area contributed by atoms with Crippen LogP contribution in [0.3, 0.4) is 0 Å². The van der Waals surface area contributed by atoms with Crippen LogP contribution >= 0.6 is 11.3 Å². The molecule has 0 radical (unpaired) electrons. The molecule has 0 amide bonds. The molecule has 0 bridgehead atoms. The fourth-order valence-electron chi connectivity index (χ4n) is 0.586. The van der Waals surface area contributed by atoms with Crippen LogP contribution in [0, 0.1) is 0 Å². The molecular weight excluding hydrogens is 196 g/mol. The van der Waals surface area contributed by atoms with Gasteiger partial charge in [-0.15, -0.1) is 11.3 Å². The van der Waals surface area contributed by atoms with E-state index < -0.39 is 0 Å². The predicted molar refractivity (Wildman–Crippen MR) is 60.4 cm³/mol. The molecule has 0 N–H and O–H groups in total. The number of allylic oxidation sites excluding steroid dienone is 1. The molecule has 0 aliphatic carbocycles. The highest BCUT2D eigenvalue weighted by atomic mass is 32.1. The van der Waals surface area contributed by atoms with E-state index in [9.17, 15) is 9.59 Å². The fraction of sp³-hybridized carbons (Fsp3) is 0.273. The second-order valence-corrected chi connectivity index (χ2v) is 3.85. The number of hydrogen-bond donors (Lipinski definition) is 0. The highest BCUT2D eigenvalue weighted by molar-refractivity contribution is 7.10. The van der Waals surface area contributed by atoms with E-state index in [1.54, 1.807) is 24.3 Å². The van der Waals surface area contributed by atoms with E-state index in [4.69, 9.17) is 0 Å². The van der Waals surface area contributed by atoms with Gasteiger partial charge in [0.05, 0.1) is 0 Å². The summed E-state index contributed by atoms with van der Waals surface area (Å²) in [4.78, 5) is 21.0. The van der Waals surface area contributed by atoms with E-state index in [2.05, 4.69) is 0 Å². The van der Waals surface area contributed by atoms with E-state index in [1.165, 1.54) is 13.8 Å². The maximum Gasteiger partial charge on any atom is 0.152 e. The summed E-state index contributed by atoms with van der Waals surface area (Å²) >= 11 is 1.63. The van der Waals surface area contributed by atoms with Gasteiger partial charge in [0.1, 0.15) is 5.78 Å². The average molecular weight is 210 g/mol. The molecule has 0 aliphatic rings. The molecule has 0 saturated heterocycles. The third-order valence-electron chi connectivity index (χ3n) is 1.03. The van der Waals surface area contributed by atoms with Crippen LogP contribution in [-0.4, -0.2) is 11.6 Å². The predicted octanol–water partition coefficient (Wildman–Crippen LogP) is 2.95. The summed E-state index contributed by atoms with van der Waals surface area (Å²) in [5.41, 5.74) is 0. The van der Waals surface area contributed by atoms with Crippen LogP contribution in [0.1, 0.15) is 25.6 Å². The van der Waals surface area contributed by atoms with Crippen LogP contribution in [0.4, 0.5) is 0 Å². The Morgan fingerprint density at radius 2 is 1.86 bits per heavy atom. The van der Waals surface area contributed by atoms with Crippen molar-refractivity contribution in [1.82, 2.24) is 0 Å². The molecule has 0 aliphatic heterocycles. The van der Waals surface area contributed by atoms with Gasteiger partial charge < -0.3 is 4.79 Å². The van der Waals surface area contributed by atoms with Crippen molar-refractivity contribution in [1.29, 1.82) is 0 Å². The summed E-state index contributed by atoms with van der Waals surface area (Å²) in [7, 11) is 0. The molecule has 0 unspecified atom stereocenters. The summed E-state index contributed by atoms with van der Waals surface area (Å²) in [5.74, 6) is 0.258. The Labute approximate surface area is 88.3 Å². The molecule has 1 aromatic heterocycles. The highest BCUT2D eigenvalue weighted by Crippen LogP contribution is 2.09. The van der Waals surface area contributed by atoms with Gasteiger partial charge in [0.2, 0.25) is 0 Å². The zero-order valence-electron chi connectivity index (χ0n) is 8.61. The minimum absolute atomic E-state index is 0.0911. The third-order valence-corrected chi connectivity index (χ3v) is 1.86. The Kier molecular flexibility index (Phi) is 6.58. The van der Waals surface area contributed by atoms with E-state index in [1.807, 2.05) is 23.6 Å². The highest BCUT2D eigenvalue weighted by Gasteiger charge is 1.85. The molecule has 76 valence electrons. The van der Waals surface area contributed by atoms with Crippen LogP contribution in [0.2, 0.25) is 0 Å². The number of rotatable bonds is 2. The van der Waals surface area contributed by atoms with Gasteiger partial charge in [0.25, 0.3) is 0 Å². The first-order valence-corrected chi connectivity index (χ1v) is 5.09. The van der Waals surface area contributed by atoms with Crippen molar-refractivity contribution in [2.45, 2.75) is 20.8 Å². The van der Waals surface area contributed by atoms with Gasteiger partial charge in [-0.2, -0.15) is 0 Å². The van der Waals surface area contributed by atoms with Gasteiger partial charge in [-0.3, -0.25) is 4.79 Å². The minimum atomic E-state index is 0.0911. The molecular formula is C11H14O2S. The van der Waals surface area contributed by atoms with Crippen LogP contribution < -0.4 is 0 Å². The summed E-state index contributed by atoms with van der Waals surface area (Å²) in [6, 6.07) is 3.94. The van der Waals surface area contributed by atoms with Crippen LogP contribution in [0.25, 0.3) is 6.08 Å². The molecule has 0 aromatic carbocycles. The van der Waals surface area contributed by atoms with Gasteiger partial charge in [0, 0.05) is 4.88 Å². The standard InChI is InChI=1S/C8H8OS.C3H6O/c1-7(9)4-5-8-3-2-6-10-8;1-3(2)4/h2-6H,1H3;1-2H3/b5-4+;. The smallest absolute Gasteiger partial charge is 0.152 e. The number of carbonyl (C=O) groups is 2. The SMILES string of the molecule is CC(=O)/C=C/c1cccs1.CC(C)=O. The number of thiophene rings is 1. The largest absolute Gasteiger partial charge is 0.300 e. The van der Waals surface area contributed by atoms with Crippen molar-refractivity contribution in [3.63, 3.8) is 0 Å². The number of hydrogen-bond acceptors (Lipinski definition) is 3. The molecule has 2 nitrogen and oxygen atoms in total. The number of carbonyl (C=O) groups excluding carboxylic acids is 2. The van der Waals surface area contributed by atoms with E-state index >= 15 is 0 Å². The molecule has 14 heavy (non-hydrogen) atoms. The molecule has 0 saturated carbocycles.